The fourth-order valence-corrected chi connectivity index (χ4v) is 4.10. The molecule has 0 spiro atoms. The molecule has 1 fully saturated rings. The fraction of sp³-hybridized carbons (Fsp3) is 0.500. The summed E-state index contributed by atoms with van der Waals surface area (Å²) in [6.07, 6.45) is 3.98. The van der Waals surface area contributed by atoms with Crippen LogP contribution in [0.3, 0.4) is 0 Å². The third kappa shape index (κ3) is 4.75. The normalized spacial score (nSPS) is 17.2. The molecule has 0 aliphatic carbocycles. The molecule has 0 bridgehead atoms. The number of H-pyrrole nitrogens is 1. The van der Waals surface area contributed by atoms with Gasteiger partial charge in [-0.25, -0.2) is 0 Å². The number of aryl methyl sites for hydroxylation is 1. The maximum absolute atomic E-state index is 5.91. The van der Waals surface area contributed by atoms with Crippen LogP contribution in [0, 0.1) is 6.92 Å². The van der Waals surface area contributed by atoms with Gasteiger partial charge in [0.1, 0.15) is 5.75 Å². The van der Waals surface area contributed by atoms with Crippen LogP contribution < -0.4 is 4.74 Å². The van der Waals surface area contributed by atoms with Gasteiger partial charge < -0.3 is 4.74 Å². The Hall–Kier alpha value is -2.60. The number of ether oxygens (including phenoxy) is 1. The van der Waals surface area contributed by atoms with E-state index in [9.17, 15) is 0 Å². The van der Waals surface area contributed by atoms with E-state index >= 15 is 0 Å². The van der Waals surface area contributed by atoms with E-state index in [1.54, 1.807) is 0 Å². The molecule has 1 saturated heterocycles. The van der Waals surface area contributed by atoms with E-state index in [0.29, 0.717) is 18.4 Å². The van der Waals surface area contributed by atoms with Gasteiger partial charge in [0, 0.05) is 49.4 Å². The van der Waals surface area contributed by atoms with Crippen molar-refractivity contribution in [2.45, 2.75) is 52.0 Å². The SMILES string of the molecule is Cc1c(CN2CC[C@@H](c3cc(CCOc4ccc(C(C)C)cc4)[nH]n3)C2)cnn1C. The van der Waals surface area contributed by atoms with Gasteiger partial charge in [0.25, 0.3) is 0 Å². The van der Waals surface area contributed by atoms with E-state index < -0.39 is 0 Å². The van der Waals surface area contributed by atoms with Crippen LogP contribution in [0.25, 0.3) is 0 Å². The highest BCUT2D eigenvalue weighted by Crippen LogP contribution is 2.28. The number of aromatic nitrogens is 4. The topological polar surface area (TPSA) is 59.0 Å². The van der Waals surface area contributed by atoms with Crippen LogP contribution in [0.5, 0.6) is 5.75 Å². The van der Waals surface area contributed by atoms with Gasteiger partial charge in [-0.1, -0.05) is 26.0 Å². The molecule has 0 amide bonds. The third-order valence-electron chi connectivity index (χ3n) is 6.26. The Morgan fingerprint density at radius 2 is 2.03 bits per heavy atom. The zero-order chi connectivity index (χ0) is 21.1. The first kappa shape index (κ1) is 20.7. The molecule has 1 N–H and O–H groups in total. The van der Waals surface area contributed by atoms with Crippen molar-refractivity contribution in [3.63, 3.8) is 0 Å². The van der Waals surface area contributed by atoms with Gasteiger partial charge in [-0.3, -0.25) is 14.7 Å². The van der Waals surface area contributed by atoms with Crippen molar-refractivity contribution < 1.29 is 4.74 Å². The van der Waals surface area contributed by atoms with Gasteiger partial charge in [0.15, 0.2) is 0 Å². The molecule has 6 heteroatoms. The van der Waals surface area contributed by atoms with E-state index in [4.69, 9.17) is 4.74 Å². The summed E-state index contributed by atoms with van der Waals surface area (Å²) in [7, 11) is 2.00. The lowest BCUT2D eigenvalue weighted by molar-refractivity contribution is 0.320. The molecule has 3 heterocycles. The van der Waals surface area contributed by atoms with Crippen molar-refractivity contribution in [2.75, 3.05) is 19.7 Å². The summed E-state index contributed by atoms with van der Waals surface area (Å²) in [6.45, 7) is 10.3. The van der Waals surface area contributed by atoms with Crippen LogP contribution in [-0.4, -0.2) is 44.6 Å². The fourth-order valence-electron chi connectivity index (χ4n) is 4.10. The average molecular weight is 408 g/mol. The Balaban J connectivity index is 1.25. The van der Waals surface area contributed by atoms with E-state index in [-0.39, 0.29) is 0 Å². The molecule has 0 saturated carbocycles. The molecule has 1 aromatic carbocycles. The Morgan fingerprint density at radius 1 is 1.23 bits per heavy atom. The number of nitrogens with zero attached hydrogens (tertiary/aromatic N) is 4. The molecule has 30 heavy (non-hydrogen) atoms. The Labute approximate surface area is 179 Å². The molecule has 1 atom stereocenters. The highest BCUT2D eigenvalue weighted by atomic mass is 16.5. The van der Waals surface area contributed by atoms with E-state index in [0.717, 1.165) is 43.9 Å². The Bertz CT molecular complexity index is 956. The number of nitrogens with one attached hydrogen (secondary N) is 1. The number of hydrogen-bond acceptors (Lipinski definition) is 4. The van der Waals surface area contributed by atoms with Crippen LogP contribution in [0.2, 0.25) is 0 Å². The minimum Gasteiger partial charge on any atom is -0.493 e. The number of likely N-dealkylation sites (tertiary alicyclic amines) is 1. The first-order valence-corrected chi connectivity index (χ1v) is 11.0. The molecule has 4 rings (SSSR count). The lowest BCUT2D eigenvalue weighted by Gasteiger charge is -2.15. The summed E-state index contributed by atoms with van der Waals surface area (Å²) in [4.78, 5) is 2.51. The highest BCUT2D eigenvalue weighted by Gasteiger charge is 2.26. The van der Waals surface area contributed by atoms with Crippen LogP contribution in [0.1, 0.15) is 60.3 Å². The number of aromatic amines is 1. The molecular weight excluding hydrogens is 374 g/mol. The average Bonchev–Trinajstić information content (AvgIpc) is 3.46. The van der Waals surface area contributed by atoms with Gasteiger partial charge in [-0.2, -0.15) is 10.2 Å². The van der Waals surface area contributed by atoms with Crippen LogP contribution >= 0.6 is 0 Å². The zero-order valence-corrected chi connectivity index (χ0v) is 18.6. The van der Waals surface area contributed by atoms with Crippen LogP contribution in [0.15, 0.2) is 36.5 Å². The molecule has 0 unspecified atom stereocenters. The maximum atomic E-state index is 5.91. The van der Waals surface area contributed by atoms with E-state index in [1.165, 1.54) is 22.5 Å². The number of hydrogen-bond donors (Lipinski definition) is 1. The van der Waals surface area contributed by atoms with E-state index in [2.05, 4.69) is 71.3 Å². The van der Waals surface area contributed by atoms with Crippen LogP contribution in [-0.2, 0) is 20.0 Å². The van der Waals surface area contributed by atoms with Gasteiger partial charge in [-0.15, -0.1) is 0 Å². The molecule has 6 nitrogen and oxygen atoms in total. The first-order valence-electron chi connectivity index (χ1n) is 11.0. The monoisotopic (exact) mass is 407 g/mol. The highest BCUT2D eigenvalue weighted by molar-refractivity contribution is 5.29. The van der Waals surface area contributed by atoms with Crippen molar-refractivity contribution in [1.29, 1.82) is 0 Å². The number of benzene rings is 1. The molecular formula is C24H33N5O. The second-order valence-corrected chi connectivity index (χ2v) is 8.74. The minimum atomic E-state index is 0.497. The quantitative estimate of drug-likeness (QED) is 0.608. The van der Waals surface area contributed by atoms with Crippen LogP contribution in [0.4, 0.5) is 0 Å². The van der Waals surface area contributed by atoms with Crippen molar-refractivity contribution in [3.05, 3.63) is 64.7 Å². The number of rotatable bonds is 8. The summed E-state index contributed by atoms with van der Waals surface area (Å²) in [5.74, 6) is 1.97. The predicted molar refractivity (Wildman–Crippen MR) is 119 cm³/mol. The van der Waals surface area contributed by atoms with Crippen molar-refractivity contribution >= 4 is 0 Å². The molecule has 1 aliphatic heterocycles. The smallest absolute Gasteiger partial charge is 0.119 e. The third-order valence-corrected chi connectivity index (χ3v) is 6.26. The van der Waals surface area contributed by atoms with E-state index in [1.807, 2.05) is 17.9 Å². The lowest BCUT2D eigenvalue weighted by atomic mass is 10.0. The molecule has 0 radical (unpaired) electrons. The largest absolute Gasteiger partial charge is 0.493 e. The summed E-state index contributed by atoms with van der Waals surface area (Å²) in [5.41, 5.74) is 6.23. The molecule has 1 aliphatic rings. The summed E-state index contributed by atoms with van der Waals surface area (Å²) in [5, 5.41) is 12.2. The van der Waals surface area contributed by atoms with Gasteiger partial charge in [0.05, 0.1) is 18.5 Å². The predicted octanol–water partition coefficient (Wildman–Crippen LogP) is 4.19. The maximum Gasteiger partial charge on any atom is 0.119 e. The summed E-state index contributed by atoms with van der Waals surface area (Å²) in [6, 6.07) is 10.6. The van der Waals surface area contributed by atoms with Crippen molar-refractivity contribution in [3.8, 4) is 5.75 Å². The van der Waals surface area contributed by atoms with Crippen molar-refractivity contribution in [1.82, 2.24) is 24.9 Å². The first-order chi connectivity index (χ1) is 14.5. The second-order valence-electron chi connectivity index (χ2n) is 8.74. The molecule has 2 aromatic heterocycles. The second kappa shape index (κ2) is 9.04. The van der Waals surface area contributed by atoms with Gasteiger partial charge in [0.2, 0.25) is 0 Å². The van der Waals surface area contributed by atoms with Gasteiger partial charge >= 0.3 is 0 Å². The van der Waals surface area contributed by atoms with Gasteiger partial charge in [-0.05, 0) is 49.6 Å². The standard InChI is InChI=1S/C24H33N5O/c1-17(2)19-5-7-23(8-6-19)30-12-10-22-13-24(27-26-22)20-9-11-29(15-20)16-21-14-25-28(4)18(21)3/h5-8,13-14,17,20H,9-12,15-16H2,1-4H3,(H,26,27)/t20-/m1/s1. The lowest BCUT2D eigenvalue weighted by Crippen LogP contribution is -2.20. The van der Waals surface area contributed by atoms with Crippen molar-refractivity contribution in [2.24, 2.45) is 7.05 Å². The Morgan fingerprint density at radius 3 is 2.73 bits per heavy atom. The summed E-state index contributed by atoms with van der Waals surface area (Å²) >= 11 is 0. The minimum absolute atomic E-state index is 0.497. The Kier molecular flexibility index (Phi) is 6.23. The molecule has 160 valence electrons. The summed E-state index contributed by atoms with van der Waals surface area (Å²) < 4.78 is 7.86. The zero-order valence-electron chi connectivity index (χ0n) is 18.6. The molecule has 3 aromatic rings.